The highest BCUT2D eigenvalue weighted by Crippen LogP contribution is 2.55. The highest BCUT2D eigenvalue weighted by atomic mass is 16.5. The number of aryl methyl sites for hydroxylation is 1. The fourth-order valence-electron chi connectivity index (χ4n) is 5.87. The molecule has 2 aliphatic heterocycles. The van der Waals surface area contributed by atoms with Gasteiger partial charge in [-0.2, -0.15) is 0 Å². The molecule has 30 heavy (non-hydrogen) atoms. The van der Waals surface area contributed by atoms with Crippen LogP contribution in [0.2, 0.25) is 0 Å². The molecule has 2 N–H and O–H groups in total. The Morgan fingerprint density at radius 1 is 1.33 bits per heavy atom. The summed E-state index contributed by atoms with van der Waals surface area (Å²) in [6, 6.07) is 8.00. The van der Waals surface area contributed by atoms with Gasteiger partial charge in [0.2, 0.25) is 5.91 Å². The lowest BCUT2D eigenvalue weighted by Crippen LogP contribution is -2.51. The second-order valence-electron chi connectivity index (χ2n) is 8.74. The third kappa shape index (κ3) is 3.60. The predicted octanol–water partition coefficient (Wildman–Crippen LogP) is 2.14. The van der Waals surface area contributed by atoms with Crippen molar-refractivity contribution in [2.45, 2.75) is 75.5 Å². The normalized spacial score (nSPS) is 30.8. The number of esters is 1. The van der Waals surface area contributed by atoms with Crippen LogP contribution in [0, 0.1) is 5.92 Å². The summed E-state index contributed by atoms with van der Waals surface area (Å²) in [4.78, 5) is 39.3. The van der Waals surface area contributed by atoms with Crippen molar-refractivity contribution >= 4 is 17.8 Å². The number of benzene rings is 1. The zero-order valence-corrected chi connectivity index (χ0v) is 17.4. The van der Waals surface area contributed by atoms with Gasteiger partial charge in [-0.05, 0) is 56.9 Å². The first-order chi connectivity index (χ1) is 14.5. The quantitative estimate of drug-likeness (QED) is 0.633. The second-order valence-corrected chi connectivity index (χ2v) is 8.74. The molecule has 2 saturated heterocycles. The third-order valence-corrected chi connectivity index (χ3v) is 7.14. The number of nitrogens with one attached hydrogen (secondary N) is 1. The lowest BCUT2D eigenvalue weighted by Gasteiger charge is -2.33. The highest BCUT2D eigenvalue weighted by Gasteiger charge is 2.64. The van der Waals surface area contributed by atoms with Gasteiger partial charge >= 0.3 is 11.9 Å². The zero-order valence-electron chi connectivity index (χ0n) is 17.4. The molecule has 3 aliphatic rings. The number of aliphatic carboxylic acids is 1. The van der Waals surface area contributed by atoms with E-state index in [0.717, 1.165) is 24.8 Å². The topological polar surface area (TPSA) is 95.9 Å². The monoisotopic (exact) mass is 414 g/mol. The van der Waals surface area contributed by atoms with Gasteiger partial charge in [-0.25, -0.2) is 4.79 Å². The first-order valence-corrected chi connectivity index (χ1v) is 11.0. The molecule has 1 aromatic carbocycles. The zero-order chi connectivity index (χ0) is 21.3. The van der Waals surface area contributed by atoms with Crippen molar-refractivity contribution in [3.63, 3.8) is 0 Å². The number of ether oxygens (including phenoxy) is 1. The largest absolute Gasteiger partial charge is 0.480 e. The van der Waals surface area contributed by atoms with Crippen molar-refractivity contribution in [1.82, 2.24) is 10.2 Å². The van der Waals surface area contributed by atoms with Crippen molar-refractivity contribution in [2.24, 2.45) is 5.92 Å². The SMILES string of the molecule is CCOC(=O)[C@H](CCc1ccccc1)N[C@H]1C[C@]23CCC[C@H]2C[C@@H](C(=O)O)N3C1=O. The van der Waals surface area contributed by atoms with Crippen LogP contribution in [0.4, 0.5) is 0 Å². The van der Waals surface area contributed by atoms with Crippen molar-refractivity contribution < 1.29 is 24.2 Å². The molecule has 2 heterocycles. The Labute approximate surface area is 176 Å². The second kappa shape index (κ2) is 8.38. The predicted molar refractivity (Wildman–Crippen MR) is 110 cm³/mol. The summed E-state index contributed by atoms with van der Waals surface area (Å²) >= 11 is 0. The first-order valence-electron chi connectivity index (χ1n) is 11.0. The summed E-state index contributed by atoms with van der Waals surface area (Å²) in [5.41, 5.74) is 0.753. The Bertz CT molecular complexity index is 813. The molecule has 1 aromatic rings. The Morgan fingerprint density at radius 3 is 2.80 bits per heavy atom. The van der Waals surface area contributed by atoms with Crippen LogP contribution < -0.4 is 5.32 Å². The molecule has 0 radical (unpaired) electrons. The van der Waals surface area contributed by atoms with Gasteiger partial charge in [-0.3, -0.25) is 14.9 Å². The summed E-state index contributed by atoms with van der Waals surface area (Å²) in [5, 5.41) is 12.9. The van der Waals surface area contributed by atoms with Crippen LogP contribution in [-0.2, 0) is 25.5 Å². The first kappa shape index (κ1) is 20.8. The number of nitrogens with zero attached hydrogens (tertiary/aromatic N) is 1. The minimum atomic E-state index is -0.927. The molecule has 1 spiro atoms. The van der Waals surface area contributed by atoms with Gasteiger partial charge < -0.3 is 14.7 Å². The van der Waals surface area contributed by atoms with Gasteiger partial charge in [0.25, 0.3) is 0 Å². The summed E-state index contributed by atoms with van der Waals surface area (Å²) in [5.74, 6) is -1.23. The highest BCUT2D eigenvalue weighted by molar-refractivity contribution is 5.91. The molecule has 0 bridgehead atoms. The molecule has 7 nitrogen and oxygen atoms in total. The lowest BCUT2D eigenvalue weighted by molar-refractivity contribution is -0.150. The molecular formula is C23H30N2O5. The van der Waals surface area contributed by atoms with E-state index in [1.54, 1.807) is 11.8 Å². The average Bonchev–Trinajstić information content (AvgIpc) is 3.34. The molecule has 7 heteroatoms. The summed E-state index contributed by atoms with van der Waals surface area (Å²) < 4.78 is 5.26. The number of rotatable bonds is 8. The minimum absolute atomic E-state index is 0.180. The van der Waals surface area contributed by atoms with E-state index in [2.05, 4.69) is 5.32 Å². The number of carbonyl (C=O) groups excluding carboxylic acids is 2. The van der Waals surface area contributed by atoms with Crippen LogP contribution in [0.3, 0.4) is 0 Å². The van der Waals surface area contributed by atoms with E-state index in [4.69, 9.17) is 4.74 Å². The van der Waals surface area contributed by atoms with Crippen LogP contribution in [0.5, 0.6) is 0 Å². The molecule has 1 amide bonds. The van der Waals surface area contributed by atoms with Crippen LogP contribution in [0.25, 0.3) is 0 Å². The van der Waals surface area contributed by atoms with E-state index in [1.165, 1.54) is 0 Å². The molecule has 3 fully saturated rings. The van der Waals surface area contributed by atoms with E-state index < -0.39 is 24.1 Å². The molecule has 1 aliphatic carbocycles. The van der Waals surface area contributed by atoms with Gasteiger partial charge in [0, 0.05) is 5.54 Å². The van der Waals surface area contributed by atoms with Crippen molar-refractivity contribution in [2.75, 3.05) is 6.61 Å². The number of carboxylic acids is 1. The lowest BCUT2D eigenvalue weighted by atomic mass is 9.85. The molecule has 4 rings (SSSR count). The van der Waals surface area contributed by atoms with Gasteiger partial charge in [0.1, 0.15) is 12.1 Å². The fourth-order valence-corrected chi connectivity index (χ4v) is 5.87. The Morgan fingerprint density at radius 2 is 2.10 bits per heavy atom. The maximum Gasteiger partial charge on any atom is 0.326 e. The smallest absolute Gasteiger partial charge is 0.326 e. The maximum atomic E-state index is 13.3. The molecule has 162 valence electrons. The van der Waals surface area contributed by atoms with Crippen LogP contribution in [0.1, 0.15) is 51.0 Å². The van der Waals surface area contributed by atoms with Gasteiger partial charge in [-0.15, -0.1) is 0 Å². The van der Waals surface area contributed by atoms with E-state index in [-0.39, 0.29) is 29.9 Å². The van der Waals surface area contributed by atoms with Crippen molar-refractivity contribution in [3.05, 3.63) is 35.9 Å². The van der Waals surface area contributed by atoms with E-state index in [0.29, 0.717) is 25.7 Å². The molecule has 1 saturated carbocycles. The Balaban J connectivity index is 1.50. The molecular weight excluding hydrogens is 384 g/mol. The maximum absolute atomic E-state index is 13.3. The number of carbonyl (C=O) groups is 3. The summed E-state index contributed by atoms with van der Waals surface area (Å²) in [7, 11) is 0. The van der Waals surface area contributed by atoms with Crippen LogP contribution >= 0.6 is 0 Å². The minimum Gasteiger partial charge on any atom is -0.480 e. The Hall–Kier alpha value is -2.41. The van der Waals surface area contributed by atoms with Crippen molar-refractivity contribution in [1.29, 1.82) is 0 Å². The number of carboxylic acid groups (broad SMARTS) is 1. The van der Waals surface area contributed by atoms with Gasteiger partial charge in [-0.1, -0.05) is 36.8 Å². The van der Waals surface area contributed by atoms with E-state index in [1.807, 2.05) is 30.3 Å². The number of hydrogen-bond acceptors (Lipinski definition) is 5. The van der Waals surface area contributed by atoms with Crippen molar-refractivity contribution in [3.8, 4) is 0 Å². The van der Waals surface area contributed by atoms with Gasteiger partial charge in [0.15, 0.2) is 0 Å². The van der Waals surface area contributed by atoms with E-state index in [9.17, 15) is 19.5 Å². The van der Waals surface area contributed by atoms with E-state index >= 15 is 0 Å². The fraction of sp³-hybridized carbons (Fsp3) is 0.609. The molecule has 5 atom stereocenters. The molecule has 0 unspecified atom stereocenters. The summed E-state index contributed by atoms with van der Waals surface area (Å²) in [6.07, 6.45) is 5.15. The average molecular weight is 415 g/mol. The summed E-state index contributed by atoms with van der Waals surface area (Å²) in [6.45, 7) is 2.04. The van der Waals surface area contributed by atoms with Gasteiger partial charge in [0.05, 0.1) is 12.6 Å². The third-order valence-electron chi connectivity index (χ3n) is 7.14. The van der Waals surface area contributed by atoms with Crippen LogP contribution in [0.15, 0.2) is 30.3 Å². The number of hydrogen-bond donors (Lipinski definition) is 2. The standard InChI is InChI=1S/C23H30N2O5/c1-2-30-22(29)17(11-10-15-7-4-3-5-8-15)24-18-14-23-12-6-9-16(23)13-19(21(27)28)25(23)20(18)26/h3-5,7-8,16-19,24H,2,6,9-14H2,1H3,(H,27,28)/t16-,17-,18-,19-,23+/m0/s1. The number of amides is 1. The molecule has 0 aromatic heterocycles. The Kier molecular flexibility index (Phi) is 5.82. The van der Waals surface area contributed by atoms with Crippen LogP contribution in [-0.4, -0.2) is 58.1 Å².